The van der Waals surface area contributed by atoms with Crippen molar-refractivity contribution in [3.8, 4) is 0 Å². The van der Waals surface area contributed by atoms with Crippen LogP contribution in [0.15, 0.2) is 0 Å². The number of hydrogen-bond acceptors (Lipinski definition) is 3. The number of hydrogen-bond donors (Lipinski definition) is 0. The lowest BCUT2D eigenvalue weighted by Gasteiger charge is -2.26. The molecular formula is C8H16N2O2. The SMILES string of the molecule is CCOC(=O)N(C)N1CCCC1. The highest BCUT2D eigenvalue weighted by Crippen LogP contribution is 2.10. The molecule has 0 aromatic rings. The maximum absolute atomic E-state index is 11.2. The van der Waals surface area contributed by atoms with E-state index in [-0.39, 0.29) is 6.09 Å². The molecule has 0 bridgehead atoms. The van der Waals surface area contributed by atoms with Gasteiger partial charge in [0.2, 0.25) is 0 Å². The van der Waals surface area contributed by atoms with Crippen LogP contribution in [0.4, 0.5) is 4.79 Å². The Morgan fingerprint density at radius 1 is 1.50 bits per heavy atom. The minimum atomic E-state index is -0.251. The molecule has 0 spiro atoms. The van der Waals surface area contributed by atoms with Gasteiger partial charge in [-0.2, -0.15) is 0 Å². The highest BCUT2D eigenvalue weighted by molar-refractivity contribution is 5.66. The largest absolute Gasteiger partial charge is 0.449 e. The molecule has 0 aromatic carbocycles. The monoisotopic (exact) mass is 172 g/mol. The number of carbonyl (C=O) groups excluding carboxylic acids is 1. The number of ether oxygens (including phenoxy) is 1. The van der Waals surface area contributed by atoms with E-state index in [0.29, 0.717) is 6.61 Å². The van der Waals surface area contributed by atoms with E-state index in [1.165, 1.54) is 12.8 Å². The molecule has 70 valence electrons. The Labute approximate surface area is 73.1 Å². The van der Waals surface area contributed by atoms with Crippen molar-refractivity contribution in [2.75, 3.05) is 26.7 Å². The summed E-state index contributed by atoms with van der Waals surface area (Å²) in [6.07, 6.45) is 2.09. The van der Waals surface area contributed by atoms with Crippen LogP contribution in [0.5, 0.6) is 0 Å². The summed E-state index contributed by atoms with van der Waals surface area (Å²) in [4.78, 5) is 11.2. The van der Waals surface area contributed by atoms with Gasteiger partial charge >= 0.3 is 6.09 Å². The van der Waals surface area contributed by atoms with Crippen LogP contribution in [-0.2, 0) is 4.74 Å². The van der Waals surface area contributed by atoms with E-state index in [0.717, 1.165) is 13.1 Å². The van der Waals surface area contributed by atoms with Crippen LogP contribution in [-0.4, -0.2) is 42.9 Å². The molecule has 4 nitrogen and oxygen atoms in total. The molecule has 1 aliphatic heterocycles. The number of rotatable bonds is 2. The van der Waals surface area contributed by atoms with Gasteiger partial charge in [-0.1, -0.05) is 0 Å². The third-order valence-corrected chi connectivity index (χ3v) is 2.04. The van der Waals surface area contributed by atoms with Crippen molar-refractivity contribution in [3.05, 3.63) is 0 Å². The zero-order chi connectivity index (χ0) is 8.97. The fourth-order valence-corrected chi connectivity index (χ4v) is 1.33. The number of amides is 1. The molecule has 1 rings (SSSR count). The quantitative estimate of drug-likeness (QED) is 0.625. The molecule has 0 N–H and O–H groups in total. The molecule has 0 saturated carbocycles. The summed E-state index contributed by atoms with van der Waals surface area (Å²) >= 11 is 0. The summed E-state index contributed by atoms with van der Waals surface area (Å²) in [6.45, 7) is 4.19. The minimum Gasteiger partial charge on any atom is -0.449 e. The average molecular weight is 172 g/mol. The summed E-state index contributed by atoms with van der Waals surface area (Å²) < 4.78 is 4.86. The first-order valence-electron chi connectivity index (χ1n) is 4.41. The molecule has 0 aromatic heterocycles. The third-order valence-electron chi connectivity index (χ3n) is 2.04. The maximum Gasteiger partial charge on any atom is 0.424 e. The van der Waals surface area contributed by atoms with Crippen LogP contribution in [0.2, 0.25) is 0 Å². The average Bonchev–Trinajstić information content (AvgIpc) is 2.55. The fraction of sp³-hybridized carbons (Fsp3) is 0.875. The van der Waals surface area contributed by atoms with E-state index in [1.807, 2.05) is 11.9 Å². The van der Waals surface area contributed by atoms with Crippen molar-refractivity contribution in [1.29, 1.82) is 0 Å². The van der Waals surface area contributed by atoms with E-state index >= 15 is 0 Å². The molecule has 12 heavy (non-hydrogen) atoms. The zero-order valence-electron chi connectivity index (χ0n) is 7.75. The van der Waals surface area contributed by atoms with E-state index < -0.39 is 0 Å². The predicted molar refractivity (Wildman–Crippen MR) is 45.6 cm³/mol. The van der Waals surface area contributed by atoms with E-state index in [1.54, 1.807) is 12.1 Å². The van der Waals surface area contributed by atoms with Crippen LogP contribution < -0.4 is 0 Å². The zero-order valence-corrected chi connectivity index (χ0v) is 7.75. The second kappa shape index (κ2) is 4.30. The Balaban J connectivity index is 2.34. The summed E-state index contributed by atoms with van der Waals surface area (Å²) in [5.74, 6) is 0. The highest BCUT2D eigenvalue weighted by Gasteiger charge is 2.20. The van der Waals surface area contributed by atoms with Crippen molar-refractivity contribution in [2.24, 2.45) is 0 Å². The number of nitrogens with zero attached hydrogens (tertiary/aromatic N) is 2. The molecule has 1 saturated heterocycles. The summed E-state index contributed by atoms with van der Waals surface area (Å²) in [6, 6.07) is 0. The van der Waals surface area contributed by atoms with Gasteiger partial charge in [0, 0.05) is 20.1 Å². The topological polar surface area (TPSA) is 32.8 Å². The first-order chi connectivity index (χ1) is 5.75. The van der Waals surface area contributed by atoms with Crippen LogP contribution in [0.3, 0.4) is 0 Å². The highest BCUT2D eigenvalue weighted by atomic mass is 16.6. The summed E-state index contributed by atoms with van der Waals surface area (Å²) in [5.41, 5.74) is 0. The molecule has 1 heterocycles. The lowest BCUT2D eigenvalue weighted by atomic mass is 10.4. The molecule has 0 radical (unpaired) electrons. The molecular weight excluding hydrogens is 156 g/mol. The second-order valence-electron chi connectivity index (χ2n) is 2.88. The predicted octanol–water partition coefficient (Wildman–Crippen LogP) is 1.09. The molecule has 4 heteroatoms. The smallest absolute Gasteiger partial charge is 0.424 e. The summed E-state index contributed by atoms with van der Waals surface area (Å²) in [5, 5.41) is 3.58. The molecule has 0 atom stereocenters. The normalized spacial score (nSPS) is 17.8. The van der Waals surface area contributed by atoms with Crippen LogP contribution in [0.25, 0.3) is 0 Å². The number of hydrazine groups is 1. The molecule has 1 aliphatic rings. The van der Waals surface area contributed by atoms with Crippen molar-refractivity contribution < 1.29 is 9.53 Å². The Bertz CT molecular complexity index is 155. The Kier molecular flexibility index (Phi) is 3.34. The van der Waals surface area contributed by atoms with E-state index in [9.17, 15) is 4.79 Å². The molecule has 0 aliphatic carbocycles. The van der Waals surface area contributed by atoms with Crippen LogP contribution in [0.1, 0.15) is 19.8 Å². The van der Waals surface area contributed by atoms with Gasteiger partial charge in [0.15, 0.2) is 0 Å². The van der Waals surface area contributed by atoms with Gasteiger partial charge in [-0.25, -0.2) is 14.8 Å². The van der Waals surface area contributed by atoms with Gasteiger partial charge in [-0.05, 0) is 19.8 Å². The van der Waals surface area contributed by atoms with Gasteiger partial charge < -0.3 is 4.74 Å². The number of carbonyl (C=O) groups is 1. The molecule has 1 amide bonds. The van der Waals surface area contributed by atoms with Crippen molar-refractivity contribution in [2.45, 2.75) is 19.8 Å². The first kappa shape index (κ1) is 9.32. The van der Waals surface area contributed by atoms with Gasteiger partial charge in [0.05, 0.1) is 6.61 Å². The fourth-order valence-electron chi connectivity index (χ4n) is 1.33. The van der Waals surface area contributed by atoms with Crippen LogP contribution >= 0.6 is 0 Å². The lowest BCUT2D eigenvalue weighted by Crippen LogP contribution is -2.42. The first-order valence-corrected chi connectivity index (χ1v) is 4.41. The Morgan fingerprint density at radius 3 is 2.58 bits per heavy atom. The van der Waals surface area contributed by atoms with Crippen molar-refractivity contribution in [1.82, 2.24) is 10.0 Å². The van der Waals surface area contributed by atoms with Crippen LogP contribution in [0, 0.1) is 0 Å². The Hall–Kier alpha value is -0.770. The van der Waals surface area contributed by atoms with Gasteiger partial charge in [0.1, 0.15) is 0 Å². The maximum atomic E-state index is 11.2. The van der Waals surface area contributed by atoms with Crippen molar-refractivity contribution >= 4 is 6.09 Å². The second-order valence-corrected chi connectivity index (χ2v) is 2.88. The van der Waals surface area contributed by atoms with E-state index in [2.05, 4.69) is 0 Å². The molecule has 1 fully saturated rings. The van der Waals surface area contributed by atoms with Gasteiger partial charge in [-0.3, -0.25) is 0 Å². The third kappa shape index (κ3) is 2.11. The summed E-state index contributed by atoms with van der Waals surface area (Å²) in [7, 11) is 1.75. The van der Waals surface area contributed by atoms with Crippen molar-refractivity contribution in [3.63, 3.8) is 0 Å². The lowest BCUT2D eigenvalue weighted by molar-refractivity contribution is 0.0137. The minimum absolute atomic E-state index is 0.251. The van der Waals surface area contributed by atoms with E-state index in [4.69, 9.17) is 4.74 Å². The van der Waals surface area contributed by atoms with Gasteiger partial charge in [0.25, 0.3) is 0 Å². The standard InChI is InChI=1S/C8H16N2O2/c1-3-12-8(11)9(2)10-6-4-5-7-10/h3-7H2,1-2H3. The van der Waals surface area contributed by atoms with Gasteiger partial charge in [-0.15, -0.1) is 0 Å². The molecule has 0 unspecified atom stereocenters. The Morgan fingerprint density at radius 2 is 2.08 bits per heavy atom.